The van der Waals surface area contributed by atoms with Gasteiger partial charge in [-0.05, 0) is 73.1 Å². The second-order valence-electron chi connectivity index (χ2n) is 12.9. The number of nitrogens with zero attached hydrogens (tertiary/aromatic N) is 1. The first-order chi connectivity index (χ1) is 22.3. The minimum Gasteiger partial charge on any atom is -0.368 e. The fourth-order valence-corrected chi connectivity index (χ4v) is 7.32. The van der Waals surface area contributed by atoms with Gasteiger partial charge in [0.05, 0.1) is 12.6 Å². The molecule has 0 heterocycles. The molecule has 4 amide bonds. The molecule has 11 nitrogen and oxygen atoms in total. The van der Waals surface area contributed by atoms with Gasteiger partial charge in [0.2, 0.25) is 11.8 Å². The standard InChI is InChI=1S/C35H48N6O5/c1-3-24(19-39-41-35(45)38-18-21-12-14-22(15-13-21)32(42)37-2)40-33(43)29-16-23(36)17-30(29)34(44)46-20-31-27-10-6-4-8-25(27)26-9-5-7-11-28(26)31/h4-11,19,21-24,29-31,34,44H,3,12-18,20,36H2,1-2H3,(H,37,42)(H,40,43)(H2,38,41,45)/b39-19+/t21?,22?,23-,24+,29-,30?,34+/m1/s1. The van der Waals surface area contributed by atoms with Crippen LogP contribution in [0, 0.1) is 23.7 Å². The summed E-state index contributed by atoms with van der Waals surface area (Å²) in [4.78, 5) is 37.5. The van der Waals surface area contributed by atoms with Crippen molar-refractivity contribution in [2.75, 3.05) is 20.2 Å². The molecule has 5 rings (SSSR count). The molecule has 11 heteroatoms. The van der Waals surface area contributed by atoms with Crippen molar-refractivity contribution in [1.29, 1.82) is 0 Å². The van der Waals surface area contributed by atoms with Gasteiger partial charge >= 0.3 is 6.03 Å². The van der Waals surface area contributed by atoms with E-state index in [1.54, 1.807) is 7.05 Å². The van der Waals surface area contributed by atoms with Crippen LogP contribution in [0.4, 0.5) is 4.79 Å². The molecular formula is C35H48N6O5. The minimum atomic E-state index is -1.14. The highest BCUT2D eigenvalue weighted by molar-refractivity contribution is 5.84. The molecule has 1 unspecified atom stereocenters. The maximum Gasteiger partial charge on any atom is 0.335 e. The lowest BCUT2D eigenvalue weighted by Gasteiger charge is -2.27. The number of rotatable bonds is 12. The smallest absolute Gasteiger partial charge is 0.335 e. The van der Waals surface area contributed by atoms with Crippen LogP contribution in [-0.4, -0.2) is 67.7 Å². The van der Waals surface area contributed by atoms with Gasteiger partial charge in [0.15, 0.2) is 6.29 Å². The fraction of sp³-hybridized carbons (Fsp3) is 0.543. The highest BCUT2D eigenvalue weighted by atomic mass is 16.6. The Hall–Kier alpha value is -3.80. The highest BCUT2D eigenvalue weighted by Gasteiger charge is 2.42. The molecule has 0 aromatic heterocycles. The van der Waals surface area contributed by atoms with E-state index in [2.05, 4.69) is 50.7 Å². The average molecular weight is 633 g/mol. The summed E-state index contributed by atoms with van der Waals surface area (Å²) in [7, 11) is 1.66. The number of hydrogen-bond donors (Lipinski definition) is 6. The number of aliphatic hydroxyl groups excluding tert-OH is 1. The second kappa shape index (κ2) is 15.7. The van der Waals surface area contributed by atoms with Crippen LogP contribution in [0.5, 0.6) is 0 Å². The normalized spacial score (nSPS) is 25.3. The molecular weight excluding hydrogens is 584 g/mol. The fourth-order valence-electron chi connectivity index (χ4n) is 7.32. The number of ether oxygens (including phenoxy) is 1. The third-order valence-corrected chi connectivity index (χ3v) is 9.95. The topological polar surface area (TPSA) is 167 Å². The molecule has 0 bridgehead atoms. The van der Waals surface area contributed by atoms with Crippen LogP contribution < -0.4 is 27.1 Å². The summed E-state index contributed by atoms with van der Waals surface area (Å²) < 4.78 is 6.08. The van der Waals surface area contributed by atoms with Crippen LogP contribution in [0.15, 0.2) is 53.6 Å². The SMILES string of the molecule is CC[C@@H](/C=N/NC(=O)NCC1CCC(C(=O)NC)CC1)NC(=O)[C@@H]1C[C@@H](N)CC1[C@@H](O)OCC1c2ccccc2-c2ccccc21. The van der Waals surface area contributed by atoms with Crippen LogP contribution in [0.1, 0.15) is 68.9 Å². The van der Waals surface area contributed by atoms with E-state index in [9.17, 15) is 19.5 Å². The van der Waals surface area contributed by atoms with E-state index in [1.807, 2.05) is 31.2 Å². The van der Waals surface area contributed by atoms with E-state index in [1.165, 1.54) is 28.5 Å². The Balaban J connectivity index is 1.09. The lowest BCUT2D eigenvalue weighted by atomic mass is 9.81. The molecule has 0 spiro atoms. The molecule has 0 saturated heterocycles. The predicted molar refractivity (Wildman–Crippen MR) is 177 cm³/mol. The van der Waals surface area contributed by atoms with Crippen molar-refractivity contribution in [2.24, 2.45) is 34.5 Å². The highest BCUT2D eigenvalue weighted by Crippen LogP contribution is 2.45. The van der Waals surface area contributed by atoms with Crippen molar-refractivity contribution in [3.05, 3.63) is 59.7 Å². The van der Waals surface area contributed by atoms with E-state index in [-0.39, 0.29) is 29.7 Å². The van der Waals surface area contributed by atoms with Gasteiger partial charge in [0.25, 0.3) is 0 Å². The van der Waals surface area contributed by atoms with E-state index in [4.69, 9.17) is 10.5 Å². The van der Waals surface area contributed by atoms with Gasteiger partial charge in [-0.25, -0.2) is 10.2 Å². The van der Waals surface area contributed by atoms with Gasteiger partial charge < -0.3 is 31.5 Å². The molecule has 2 fully saturated rings. The van der Waals surface area contributed by atoms with Crippen molar-refractivity contribution < 1.29 is 24.2 Å². The van der Waals surface area contributed by atoms with Gasteiger partial charge in [0.1, 0.15) is 0 Å². The number of benzene rings is 2. The average Bonchev–Trinajstić information content (AvgIpc) is 3.63. The summed E-state index contributed by atoms with van der Waals surface area (Å²) in [6.07, 6.45) is 5.30. The predicted octanol–water partition coefficient (Wildman–Crippen LogP) is 3.22. The summed E-state index contributed by atoms with van der Waals surface area (Å²) in [5, 5.41) is 23.8. The molecule has 3 aliphatic rings. The molecule has 2 saturated carbocycles. The number of fused-ring (bicyclic) bond motifs is 3. The minimum absolute atomic E-state index is 0.00108. The zero-order valence-corrected chi connectivity index (χ0v) is 26.8. The van der Waals surface area contributed by atoms with Crippen molar-refractivity contribution >= 4 is 24.1 Å². The number of aliphatic hydroxyl groups is 1. The molecule has 0 radical (unpaired) electrons. The third kappa shape index (κ3) is 7.94. The lowest BCUT2D eigenvalue weighted by molar-refractivity contribution is -0.153. The molecule has 0 aliphatic heterocycles. The number of hydrazone groups is 1. The van der Waals surface area contributed by atoms with Gasteiger partial charge in [-0.2, -0.15) is 5.10 Å². The maximum atomic E-state index is 13.4. The van der Waals surface area contributed by atoms with E-state index in [0.717, 1.165) is 25.7 Å². The van der Waals surface area contributed by atoms with Crippen molar-refractivity contribution in [3.63, 3.8) is 0 Å². The Morgan fingerprint density at radius 1 is 1.00 bits per heavy atom. The number of amides is 4. The molecule has 7 N–H and O–H groups in total. The summed E-state index contributed by atoms with van der Waals surface area (Å²) >= 11 is 0. The Morgan fingerprint density at radius 3 is 2.28 bits per heavy atom. The lowest BCUT2D eigenvalue weighted by Crippen LogP contribution is -2.43. The van der Waals surface area contributed by atoms with E-state index >= 15 is 0 Å². The Bertz CT molecular complexity index is 1350. The van der Waals surface area contributed by atoms with Gasteiger partial charge in [-0.15, -0.1) is 0 Å². The second-order valence-corrected chi connectivity index (χ2v) is 12.9. The van der Waals surface area contributed by atoms with Crippen LogP contribution in [0.2, 0.25) is 0 Å². The largest absolute Gasteiger partial charge is 0.368 e. The molecule has 2 aromatic rings. The van der Waals surface area contributed by atoms with Crippen LogP contribution in [-0.2, 0) is 14.3 Å². The monoisotopic (exact) mass is 632 g/mol. The molecule has 248 valence electrons. The maximum absolute atomic E-state index is 13.4. The summed E-state index contributed by atoms with van der Waals surface area (Å²) in [5.41, 5.74) is 13.5. The van der Waals surface area contributed by atoms with E-state index < -0.39 is 30.2 Å². The number of hydrogen-bond acceptors (Lipinski definition) is 7. The molecule has 46 heavy (non-hydrogen) atoms. The first kappa shape index (κ1) is 33.6. The third-order valence-electron chi connectivity index (χ3n) is 9.95. The number of urea groups is 1. The Kier molecular flexibility index (Phi) is 11.4. The van der Waals surface area contributed by atoms with Gasteiger partial charge in [-0.1, -0.05) is 55.5 Å². The zero-order valence-electron chi connectivity index (χ0n) is 26.8. The molecule has 5 atom stereocenters. The summed E-state index contributed by atoms with van der Waals surface area (Å²) in [6, 6.07) is 15.5. The number of nitrogens with one attached hydrogen (secondary N) is 4. The van der Waals surface area contributed by atoms with E-state index in [0.29, 0.717) is 38.3 Å². The number of nitrogens with two attached hydrogens (primary N) is 1. The van der Waals surface area contributed by atoms with Crippen molar-refractivity contribution in [3.8, 4) is 11.1 Å². The van der Waals surface area contributed by atoms with Crippen LogP contribution in [0.3, 0.4) is 0 Å². The summed E-state index contributed by atoms with van der Waals surface area (Å²) in [6.45, 7) is 2.73. The van der Waals surface area contributed by atoms with Crippen LogP contribution >= 0.6 is 0 Å². The van der Waals surface area contributed by atoms with Crippen molar-refractivity contribution in [1.82, 2.24) is 21.4 Å². The van der Waals surface area contributed by atoms with Gasteiger partial charge in [0, 0.05) is 49.5 Å². The first-order valence-electron chi connectivity index (χ1n) is 16.6. The van der Waals surface area contributed by atoms with Crippen LogP contribution in [0.25, 0.3) is 11.1 Å². The van der Waals surface area contributed by atoms with Gasteiger partial charge in [-0.3, -0.25) is 9.59 Å². The molecule has 3 aliphatic carbocycles. The summed E-state index contributed by atoms with van der Waals surface area (Å²) in [5.74, 6) is -0.694. The zero-order chi connectivity index (χ0) is 32.6. The van der Waals surface area contributed by atoms with Crippen molar-refractivity contribution in [2.45, 2.75) is 76.2 Å². The Morgan fingerprint density at radius 2 is 1.65 bits per heavy atom. The number of carbonyl (C=O) groups excluding carboxylic acids is 3. The Labute approximate surface area is 271 Å². The first-order valence-corrected chi connectivity index (χ1v) is 16.6. The number of carbonyl (C=O) groups is 3. The quantitative estimate of drug-likeness (QED) is 0.119. The molecule has 2 aromatic carbocycles.